The molecular weight excluding hydrogens is 382 g/mol. The Morgan fingerprint density at radius 3 is 2.53 bits per heavy atom. The van der Waals surface area contributed by atoms with Gasteiger partial charge in [-0.1, -0.05) is 19.1 Å². The number of rotatable bonds is 6. The van der Waals surface area contributed by atoms with Crippen molar-refractivity contribution >= 4 is 5.91 Å². The fourth-order valence-electron chi connectivity index (χ4n) is 5.24. The molecule has 7 nitrogen and oxygen atoms in total. The lowest BCUT2D eigenvalue weighted by Crippen LogP contribution is -2.46. The summed E-state index contributed by atoms with van der Waals surface area (Å²) in [5.74, 6) is 0.108. The molecule has 0 saturated carbocycles. The fourth-order valence-corrected chi connectivity index (χ4v) is 5.24. The molecule has 160 valence electrons. The first-order chi connectivity index (χ1) is 14.5. The number of methoxy groups -OCH3 is 1. The van der Waals surface area contributed by atoms with Crippen LogP contribution in [0, 0.1) is 11.8 Å². The molecule has 0 spiro atoms. The van der Waals surface area contributed by atoms with Gasteiger partial charge in [0.05, 0.1) is 19.1 Å². The second-order valence-corrected chi connectivity index (χ2v) is 7.93. The highest BCUT2D eigenvalue weighted by Crippen LogP contribution is 2.48. The van der Waals surface area contributed by atoms with Gasteiger partial charge in [-0.2, -0.15) is 0 Å². The summed E-state index contributed by atoms with van der Waals surface area (Å²) < 4.78 is 7.02. The number of carbonyl (C=O) groups excluding carboxylic acids is 1. The average Bonchev–Trinajstić information content (AvgIpc) is 3.00. The summed E-state index contributed by atoms with van der Waals surface area (Å²) in [7, 11) is 1.61. The predicted octanol–water partition coefficient (Wildman–Crippen LogP) is 1.64. The number of aliphatic hydroxyl groups excluding tert-OH is 1. The number of carbonyl (C=O) groups is 1. The van der Waals surface area contributed by atoms with E-state index >= 15 is 0 Å². The van der Waals surface area contributed by atoms with Gasteiger partial charge in [-0.05, 0) is 43.3 Å². The molecule has 3 heterocycles. The van der Waals surface area contributed by atoms with Crippen LogP contribution in [0.4, 0.5) is 0 Å². The molecule has 4 rings (SSSR count). The first-order valence-electron chi connectivity index (χ1n) is 10.6. The maximum absolute atomic E-state index is 13.4. The van der Waals surface area contributed by atoms with Gasteiger partial charge in [-0.25, -0.2) is 0 Å². The highest BCUT2D eigenvalue weighted by atomic mass is 16.5. The van der Waals surface area contributed by atoms with Crippen molar-refractivity contribution in [3.8, 4) is 16.9 Å². The molecule has 0 radical (unpaired) electrons. The molecule has 4 atom stereocenters. The molecule has 1 aromatic carbocycles. The van der Waals surface area contributed by atoms with Crippen molar-refractivity contribution in [3.63, 3.8) is 0 Å². The molecule has 7 heteroatoms. The molecule has 2 aliphatic heterocycles. The third-order valence-electron chi connectivity index (χ3n) is 6.59. The number of pyridine rings is 1. The van der Waals surface area contributed by atoms with Crippen LogP contribution in [0.15, 0.2) is 41.2 Å². The normalized spacial score (nSPS) is 25.1. The maximum atomic E-state index is 13.4. The summed E-state index contributed by atoms with van der Waals surface area (Å²) in [5.41, 5.74) is 2.25. The third-order valence-corrected chi connectivity index (χ3v) is 6.59. The van der Waals surface area contributed by atoms with Gasteiger partial charge in [-0.15, -0.1) is 0 Å². The number of benzene rings is 1. The van der Waals surface area contributed by atoms with Crippen LogP contribution in [0.3, 0.4) is 0 Å². The van der Waals surface area contributed by atoms with Crippen molar-refractivity contribution in [2.24, 2.45) is 11.8 Å². The second kappa shape index (κ2) is 8.24. The summed E-state index contributed by atoms with van der Waals surface area (Å²) in [4.78, 5) is 28.6. The lowest BCUT2D eigenvalue weighted by Gasteiger charge is -2.37. The number of ether oxygens (including phenoxy) is 1. The first kappa shape index (κ1) is 20.6. The topological polar surface area (TPSA) is 83.8 Å². The van der Waals surface area contributed by atoms with E-state index in [1.54, 1.807) is 7.11 Å². The van der Waals surface area contributed by atoms with Crippen molar-refractivity contribution in [3.05, 3.63) is 52.4 Å². The quantitative estimate of drug-likeness (QED) is 0.755. The summed E-state index contributed by atoms with van der Waals surface area (Å²) in [6.45, 7) is 5.66. The van der Waals surface area contributed by atoms with E-state index in [0.29, 0.717) is 18.7 Å². The van der Waals surface area contributed by atoms with E-state index in [2.05, 4.69) is 17.1 Å². The molecule has 1 aromatic heterocycles. The molecule has 1 saturated heterocycles. The Hall–Kier alpha value is -2.64. The monoisotopic (exact) mass is 411 g/mol. The molecule has 0 unspecified atom stereocenters. The van der Waals surface area contributed by atoms with Gasteiger partial charge in [0.1, 0.15) is 5.75 Å². The first-order valence-corrected chi connectivity index (χ1v) is 10.6. The Kier molecular flexibility index (Phi) is 5.66. The smallest absolute Gasteiger partial charge is 0.258 e. The summed E-state index contributed by atoms with van der Waals surface area (Å²) >= 11 is 0. The van der Waals surface area contributed by atoms with Crippen molar-refractivity contribution in [1.29, 1.82) is 0 Å². The van der Waals surface area contributed by atoms with Crippen LogP contribution in [-0.2, 0) is 11.3 Å². The molecule has 2 aliphatic rings. The summed E-state index contributed by atoms with van der Waals surface area (Å²) in [6.07, 6.45) is 0. The van der Waals surface area contributed by atoms with Crippen molar-refractivity contribution in [2.45, 2.75) is 32.5 Å². The van der Waals surface area contributed by atoms with Gasteiger partial charge >= 0.3 is 0 Å². The number of amides is 1. The lowest BCUT2D eigenvalue weighted by molar-refractivity contribution is -0.127. The predicted molar refractivity (Wildman–Crippen MR) is 114 cm³/mol. The molecule has 2 bridgehead atoms. The van der Waals surface area contributed by atoms with Gasteiger partial charge in [0, 0.05) is 42.9 Å². The maximum Gasteiger partial charge on any atom is 0.258 e. The summed E-state index contributed by atoms with van der Waals surface area (Å²) in [5, 5.41) is 13.1. The van der Waals surface area contributed by atoms with E-state index in [-0.39, 0.29) is 42.0 Å². The van der Waals surface area contributed by atoms with Crippen molar-refractivity contribution in [2.75, 3.05) is 26.8 Å². The number of hydrogen-bond donors (Lipinski definition) is 2. The van der Waals surface area contributed by atoms with Crippen molar-refractivity contribution in [1.82, 2.24) is 14.8 Å². The van der Waals surface area contributed by atoms with Gasteiger partial charge in [-0.3, -0.25) is 14.5 Å². The number of nitrogens with zero attached hydrogens (tertiary/aromatic N) is 2. The fraction of sp³-hybridized carbons (Fsp3) is 0.478. The molecule has 30 heavy (non-hydrogen) atoms. The van der Waals surface area contributed by atoms with Crippen LogP contribution >= 0.6 is 0 Å². The van der Waals surface area contributed by atoms with Crippen LogP contribution in [0.1, 0.15) is 25.6 Å². The molecule has 2 aromatic rings. The number of fused-ring (bicyclic) bond motifs is 4. The van der Waals surface area contributed by atoms with E-state index in [0.717, 1.165) is 23.6 Å². The molecular formula is C23H29N3O4. The van der Waals surface area contributed by atoms with Crippen molar-refractivity contribution < 1.29 is 14.6 Å². The van der Waals surface area contributed by atoms with Crippen LogP contribution < -0.4 is 15.6 Å². The Morgan fingerprint density at radius 1 is 1.20 bits per heavy atom. The molecule has 1 fully saturated rings. The van der Waals surface area contributed by atoms with Crippen LogP contribution in [0.2, 0.25) is 0 Å². The Labute approximate surface area is 176 Å². The number of aromatic nitrogens is 1. The van der Waals surface area contributed by atoms with E-state index in [1.807, 2.05) is 47.9 Å². The minimum Gasteiger partial charge on any atom is -0.497 e. The zero-order valence-corrected chi connectivity index (χ0v) is 17.7. The number of aliphatic hydroxyl groups is 1. The Bertz CT molecular complexity index is 985. The van der Waals surface area contributed by atoms with Gasteiger partial charge in [0.25, 0.3) is 5.56 Å². The SMILES string of the molecule is CCNC(=O)[C@H]1[C@H](CO)[C@H]2Cn3c(ccc(-c4ccc(OC)cc4)c3=O)[C@@H]1N2CC. The molecule has 1 amide bonds. The number of nitrogens with one attached hydrogen (secondary N) is 1. The Balaban J connectivity index is 1.81. The van der Waals surface area contributed by atoms with E-state index in [4.69, 9.17) is 4.74 Å². The zero-order chi connectivity index (χ0) is 21.4. The number of hydrogen-bond acceptors (Lipinski definition) is 5. The van der Waals surface area contributed by atoms with Crippen LogP contribution in [-0.4, -0.2) is 53.3 Å². The van der Waals surface area contributed by atoms with Gasteiger partial charge in [0.15, 0.2) is 0 Å². The minimum absolute atomic E-state index is 0.0473. The van der Waals surface area contributed by atoms with E-state index in [9.17, 15) is 14.7 Å². The zero-order valence-electron chi connectivity index (χ0n) is 17.7. The minimum atomic E-state index is -0.375. The van der Waals surface area contributed by atoms with Crippen LogP contribution in [0.25, 0.3) is 11.1 Å². The molecule has 2 N–H and O–H groups in total. The Morgan fingerprint density at radius 2 is 1.93 bits per heavy atom. The van der Waals surface area contributed by atoms with Gasteiger partial charge < -0.3 is 19.7 Å². The standard InChI is InChI=1S/C23H29N3O4/c1-4-24-22(28)20-17(13-27)19-12-26-18(21(20)25(19)5-2)11-10-16(23(26)29)14-6-8-15(30-3)9-7-14/h6-11,17,19-21,27H,4-5,12-13H2,1-3H3,(H,24,28)/t17-,19-,20+,21+/m1/s1. The van der Waals surface area contributed by atoms with E-state index < -0.39 is 0 Å². The largest absolute Gasteiger partial charge is 0.497 e. The lowest BCUT2D eigenvalue weighted by atomic mass is 9.86. The van der Waals surface area contributed by atoms with Gasteiger partial charge in [0.2, 0.25) is 5.91 Å². The summed E-state index contributed by atoms with van der Waals surface area (Å²) in [6, 6.07) is 11.0. The highest BCUT2D eigenvalue weighted by Gasteiger charge is 2.55. The van der Waals surface area contributed by atoms with E-state index in [1.165, 1.54) is 0 Å². The highest BCUT2D eigenvalue weighted by molar-refractivity contribution is 5.80. The molecule has 0 aliphatic carbocycles. The average molecular weight is 412 g/mol. The van der Waals surface area contributed by atoms with Crippen LogP contribution in [0.5, 0.6) is 5.75 Å². The second-order valence-electron chi connectivity index (χ2n) is 7.93. The third kappa shape index (κ3) is 3.13. The number of likely N-dealkylation sites (N-methyl/N-ethyl adjacent to an activating group) is 1.